The van der Waals surface area contributed by atoms with Crippen molar-refractivity contribution in [3.63, 3.8) is 0 Å². The van der Waals surface area contributed by atoms with E-state index in [0.29, 0.717) is 22.8 Å². The molecular weight excluding hydrogens is 310 g/mol. The highest BCUT2D eigenvalue weighted by Crippen LogP contribution is 2.44. The maximum Gasteiger partial charge on any atom is 0.313 e. The zero-order valence-corrected chi connectivity index (χ0v) is 14.6. The normalized spacial score (nSPS) is 12.0. The van der Waals surface area contributed by atoms with Gasteiger partial charge in [0.05, 0.1) is 45.5 Å². The molecule has 0 radical (unpaired) electrons. The molecule has 7 heteroatoms. The fourth-order valence-electron chi connectivity index (χ4n) is 2.09. The summed E-state index contributed by atoms with van der Waals surface area (Å²) in [4.78, 5) is 12.0. The minimum absolute atomic E-state index is 0. The molecule has 22 heavy (non-hydrogen) atoms. The van der Waals surface area contributed by atoms with Gasteiger partial charge in [-0.05, 0) is 13.8 Å². The molecule has 126 valence electrons. The van der Waals surface area contributed by atoms with Gasteiger partial charge in [-0.1, -0.05) is 0 Å². The Balaban J connectivity index is 0.00000441. The topological polar surface area (TPSA) is 80.0 Å². The number of rotatable bonds is 6. The number of carbonyl (C=O) groups excluding carboxylic acids is 1. The Morgan fingerprint density at radius 1 is 1.05 bits per heavy atom. The lowest BCUT2D eigenvalue weighted by molar-refractivity contribution is -0.152. The van der Waals surface area contributed by atoms with E-state index in [4.69, 9.17) is 24.7 Å². The number of carbonyl (C=O) groups is 1. The fourth-order valence-corrected chi connectivity index (χ4v) is 2.09. The smallest absolute Gasteiger partial charge is 0.313 e. The molecule has 0 spiro atoms. The van der Waals surface area contributed by atoms with Crippen molar-refractivity contribution in [1.29, 1.82) is 0 Å². The Hall–Kier alpha value is -1.66. The summed E-state index contributed by atoms with van der Waals surface area (Å²) in [6.07, 6.45) is 0. The molecule has 0 aliphatic carbocycles. The SMILES string of the molecule is COC(=O)C(C)(C)[C@H](N)c1c(OC)cc(OC)cc1OC.Cl. The lowest BCUT2D eigenvalue weighted by Crippen LogP contribution is -2.37. The van der Waals surface area contributed by atoms with Crippen molar-refractivity contribution in [2.45, 2.75) is 19.9 Å². The zero-order valence-electron chi connectivity index (χ0n) is 13.8. The summed E-state index contributed by atoms with van der Waals surface area (Å²) in [7, 11) is 5.93. The Bertz CT molecular complexity index is 494. The van der Waals surface area contributed by atoms with Crippen LogP contribution in [0, 0.1) is 5.41 Å². The van der Waals surface area contributed by atoms with Crippen LogP contribution in [0.25, 0.3) is 0 Å². The Kier molecular flexibility index (Phi) is 7.49. The standard InChI is InChI=1S/C15H23NO5.ClH/c1-15(2,14(17)21-6)13(16)12-10(19-4)7-9(18-3)8-11(12)20-5;/h7-8,13H,16H2,1-6H3;1H/t13-;/m1./s1. The Labute approximate surface area is 137 Å². The molecule has 1 aromatic rings. The summed E-state index contributed by atoms with van der Waals surface area (Å²) in [6.45, 7) is 3.43. The summed E-state index contributed by atoms with van der Waals surface area (Å²) in [5.41, 5.74) is 5.95. The van der Waals surface area contributed by atoms with E-state index in [-0.39, 0.29) is 12.4 Å². The highest BCUT2D eigenvalue weighted by molar-refractivity contribution is 5.85. The van der Waals surface area contributed by atoms with E-state index in [0.717, 1.165) is 0 Å². The van der Waals surface area contributed by atoms with Gasteiger partial charge in [0.2, 0.25) is 0 Å². The molecule has 0 aliphatic rings. The molecule has 1 rings (SSSR count). The lowest BCUT2D eigenvalue weighted by Gasteiger charge is -2.31. The highest BCUT2D eigenvalue weighted by Gasteiger charge is 2.39. The van der Waals surface area contributed by atoms with Gasteiger partial charge in [0, 0.05) is 12.1 Å². The van der Waals surface area contributed by atoms with Crippen molar-refractivity contribution in [3.05, 3.63) is 17.7 Å². The van der Waals surface area contributed by atoms with Crippen LogP contribution in [-0.2, 0) is 9.53 Å². The van der Waals surface area contributed by atoms with Crippen LogP contribution in [0.3, 0.4) is 0 Å². The first-order valence-electron chi connectivity index (χ1n) is 6.47. The second-order valence-electron chi connectivity index (χ2n) is 5.14. The van der Waals surface area contributed by atoms with E-state index in [9.17, 15) is 4.79 Å². The zero-order chi connectivity index (χ0) is 16.2. The molecule has 0 aliphatic heterocycles. The second-order valence-corrected chi connectivity index (χ2v) is 5.14. The number of halogens is 1. The lowest BCUT2D eigenvalue weighted by atomic mass is 9.80. The van der Waals surface area contributed by atoms with E-state index < -0.39 is 17.4 Å². The largest absolute Gasteiger partial charge is 0.496 e. The van der Waals surface area contributed by atoms with E-state index in [2.05, 4.69) is 0 Å². The molecule has 6 nitrogen and oxygen atoms in total. The first-order chi connectivity index (χ1) is 9.83. The molecule has 0 amide bonds. The third kappa shape index (κ3) is 3.75. The van der Waals surface area contributed by atoms with Gasteiger partial charge < -0.3 is 24.7 Å². The number of hydrogen-bond donors (Lipinski definition) is 1. The van der Waals surface area contributed by atoms with Crippen LogP contribution in [0.4, 0.5) is 0 Å². The summed E-state index contributed by atoms with van der Waals surface area (Å²) in [5, 5.41) is 0. The minimum Gasteiger partial charge on any atom is -0.496 e. The van der Waals surface area contributed by atoms with Gasteiger partial charge in [-0.15, -0.1) is 12.4 Å². The number of hydrogen-bond acceptors (Lipinski definition) is 6. The third-order valence-corrected chi connectivity index (χ3v) is 3.55. The Morgan fingerprint density at radius 2 is 1.50 bits per heavy atom. The third-order valence-electron chi connectivity index (χ3n) is 3.55. The predicted molar refractivity (Wildman–Crippen MR) is 86.1 cm³/mol. The number of nitrogens with two attached hydrogens (primary N) is 1. The number of ether oxygens (including phenoxy) is 4. The molecule has 0 saturated heterocycles. The Morgan fingerprint density at radius 3 is 1.82 bits per heavy atom. The van der Waals surface area contributed by atoms with Crippen LogP contribution >= 0.6 is 12.4 Å². The van der Waals surface area contributed by atoms with Gasteiger partial charge >= 0.3 is 5.97 Å². The molecule has 1 atom stereocenters. The number of methoxy groups -OCH3 is 4. The van der Waals surface area contributed by atoms with E-state index in [1.54, 1.807) is 33.1 Å². The van der Waals surface area contributed by atoms with Crippen molar-refractivity contribution in [2.75, 3.05) is 28.4 Å². The van der Waals surface area contributed by atoms with Crippen LogP contribution < -0.4 is 19.9 Å². The van der Waals surface area contributed by atoms with Gasteiger partial charge in [0.15, 0.2) is 0 Å². The van der Waals surface area contributed by atoms with Crippen molar-refractivity contribution < 1.29 is 23.7 Å². The van der Waals surface area contributed by atoms with Crippen molar-refractivity contribution in [2.24, 2.45) is 11.1 Å². The van der Waals surface area contributed by atoms with Gasteiger partial charge in [0.25, 0.3) is 0 Å². The molecule has 0 heterocycles. The van der Waals surface area contributed by atoms with Crippen LogP contribution in [0.2, 0.25) is 0 Å². The molecule has 0 bridgehead atoms. The van der Waals surface area contributed by atoms with E-state index >= 15 is 0 Å². The van der Waals surface area contributed by atoms with E-state index in [1.807, 2.05) is 0 Å². The van der Waals surface area contributed by atoms with Crippen LogP contribution in [-0.4, -0.2) is 34.4 Å². The van der Waals surface area contributed by atoms with Gasteiger partial charge in [-0.25, -0.2) is 0 Å². The second kappa shape index (κ2) is 8.10. The molecule has 0 fully saturated rings. The molecule has 0 saturated carbocycles. The van der Waals surface area contributed by atoms with Gasteiger partial charge in [-0.3, -0.25) is 4.79 Å². The fraction of sp³-hybridized carbons (Fsp3) is 0.533. The van der Waals surface area contributed by atoms with E-state index in [1.165, 1.54) is 21.3 Å². The predicted octanol–water partition coefficient (Wildman–Crippen LogP) is 2.33. The molecule has 1 aromatic carbocycles. The minimum atomic E-state index is -0.941. The van der Waals surface area contributed by atoms with Crippen LogP contribution in [0.1, 0.15) is 25.5 Å². The monoisotopic (exact) mass is 333 g/mol. The van der Waals surface area contributed by atoms with Crippen LogP contribution in [0.5, 0.6) is 17.2 Å². The molecular formula is C15H24ClNO5. The maximum atomic E-state index is 12.0. The summed E-state index contributed by atoms with van der Waals surface area (Å²) < 4.78 is 20.8. The summed E-state index contributed by atoms with van der Waals surface area (Å²) in [5.74, 6) is 1.16. The molecule has 0 aromatic heterocycles. The summed E-state index contributed by atoms with van der Waals surface area (Å²) in [6, 6.07) is 2.73. The molecule has 0 unspecified atom stereocenters. The maximum absolute atomic E-state index is 12.0. The summed E-state index contributed by atoms with van der Waals surface area (Å²) >= 11 is 0. The molecule has 2 N–H and O–H groups in total. The van der Waals surface area contributed by atoms with Crippen molar-refractivity contribution in [3.8, 4) is 17.2 Å². The van der Waals surface area contributed by atoms with Crippen molar-refractivity contribution in [1.82, 2.24) is 0 Å². The number of esters is 1. The number of benzene rings is 1. The highest BCUT2D eigenvalue weighted by atomic mass is 35.5. The van der Waals surface area contributed by atoms with Crippen LogP contribution in [0.15, 0.2) is 12.1 Å². The first-order valence-corrected chi connectivity index (χ1v) is 6.47. The van der Waals surface area contributed by atoms with Gasteiger partial charge in [0.1, 0.15) is 17.2 Å². The average molecular weight is 334 g/mol. The quantitative estimate of drug-likeness (QED) is 0.805. The first kappa shape index (κ1) is 20.3. The average Bonchev–Trinajstić information content (AvgIpc) is 2.51. The van der Waals surface area contributed by atoms with Crippen molar-refractivity contribution >= 4 is 18.4 Å². The van der Waals surface area contributed by atoms with Gasteiger partial charge in [-0.2, -0.15) is 0 Å².